The molecule has 0 fully saturated rings. The number of para-hydroxylation sites is 2. The van der Waals surface area contributed by atoms with Crippen LogP contribution in [-0.2, 0) is 0 Å². The Labute approximate surface area is 342 Å². The molecule has 0 unspecified atom stereocenters. The van der Waals surface area contributed by atoms with Gasteiger partial charge in [-0.1, -0.05) is 163 Å². The van der Waals surface area contributed by atoms with Gasteiger partial charge in [-0.3, -0.25) is 0 Å². The Hall–Kier alpha value is -7.68. The summed E-state index contributed by atoms with van der Waals surface area (Å²) in [5.74, 6) is 0. The lowest BCUT2D eigenvalue weighted by molar-refractivity contribution is 1.18. The zero-order chi connectivity index (χ0) is 39.0. The van der Waals surface area contributed by atoms with Crippen molar-refractivity contribution in [2.45, 2.75) is 6.92 Å². The van der Waals surface area contributed by atoms with Gasteiger partial charge in [-0.05, 0) is 121 Å². The van der Waals surface area contributed by atoms with Gasteiger partial charge in [0.15, 0.2) is 0 Å². The summed E-state index contributed by atoms with van der Waals surface area (Å²) in [4.78, 5) is 2.39. The summed E-state index contributed by atoms with van der Waals surface area (Å²) < 4.78 is 2.42. The molecule has 11 aromatic carbocycles. The van der Waals surface area contributed by atoms with Gasteiger partial charge < -0.3 is 9.47 Å². The molecule has 2 heteroatoms. The lowest BCUT2D eigenvalue weighted by Crippen LogP contribution is -2.10. The van der Waals surface area contributed by atoms with E-state index in [1.807, 2.05) is 0 Å². The van der Waals surface area contributed by atoms with Crippen molar-refractivity contribution in [3.8, 4) is 27.9 Å². The van der Waals surface area contributed by atoms with E-state index in [0.717, 1.165) is 22.7 Å². The molecular weight excluding hydrogens is 713 g/mol. The second-order valence-electron chi connectivity index (χ2n) is 15.8. The fourth-order valence-electron chi connectivity index (χ4n) is 9.61. The van der Waals surface area contributed by atoms with E-state index in [1.54, 1.807) is 0 Å². The highest BCUT2D eigenvalue weighted by molar-refractivity contribution is 6.27. The van der Waals surface area contributed by atoms with E-state index in [-0.39, 0.29) is 0 Å². The summed E-state index contributed by atoms with van der Waals surface area (Å²) >= 11 is 0. The molecule has 12 rings (SSSR count). The molecule has 0 spiro atoms. The molecule has 0 aliphatic carbocycles. The summed E-state index contributed by atoms with van der Waals surface area (Å²) in [6.45, 7) is 2.15. The van der Waals surface area contributed by atoms with Gasteiger partial charge >= 0.3 is 0 Å². The van der Waals surface area contributed by atoms with Gasteiger partial charge in [0.25, 0.3) is 0 Å². The van der Waals surface area contributed by atoms with Crippen LogP contribution < -0.4 is 4.90 Å². The summed E-state index contributed by atoms with van der Waals surface area (Å²) in [6, 6.07) is 78.1. The molecule has 0 saturated heterocycles. The Morgan fingerprint density at radius 2 is 0.932 bits per heavy atom. The fourth-order valence-corrected chi connectivity index (χ4v) is 9.61. The van der Waals surface area contributed by atoms with E-state index in [1.165, 1.54) is 92.7 Å². The Bertz CT molecular complexity index is 3540. The van der Waals surface area contributed by atoms with E-state index in [9.17, 15) is 0 Å². The molecule has 0 atom stereocenters. The van der Waals surface area contributed by atoms with E-state index >= 15 is 0 Å². The normalized spacial score (nSPS) is 11.8. The fraction of sp³-hybridized carbons (Fsp3) is 0.0175. The first-order valence-electron chi connectivity index (χ1n) is 20.4. The van der Waals surface area contributed by atoms with Crippen molar-refractivity contribution in [3.63, 3.8) is 0 Å². The molecule has 0 amide bonds. The zero-order valence-electron chi connectivity index (χ0n) is 32.6. The minimum absolute atomic E-state index is 1.12. The van der Waals surface area contributed by atoms with Crippen molar-refractivity contribution < 1.29 is 0 Å². The number of anilines is 3. The van der Waals surface area contributed by atoms with Crippen LogP contribution >= 0.6 is 0 Å². The average Bonchev–Trinajstić information content (AvgIpc) is 3.63. The van der Waals surface area contributed by atoms with Crippen molar-refractivity contribution >= 4 is 82.0 Å². The molecule has 0 radical (unpaired) electrons. The van der Waals surface area contributed by atoms with Crippen LogP contribution in [0.5, 0.6) is 0 Å². The molecule has 1 aromatic heterocycles. The Kier molecular flexibility index (Phi) is 7.48. The summed E-state index contributed by atoms with van der Waals surface area (Å²) in [5.41, 5.74) is 13.2. The molecule has 0 saturated carbocycles. The molecule has 12 aromatic rings. The molecule has 59 heavy (non-hydrogen) atoms. The highest BCUT2D eigenvalue weighted by Crippen LogP contribution is 2.44. The smallest absolute Gasteiger partial charge is 0.0542 e. The lowest BCUT2D eigenvalue weighted by Gasteiger charge is -2.27. The van der Waals surface area contributed by atoms with Crippen molar-refractivity contribution in [2.24, 2.45) is 0 Å². The third-order valence-electron chi connectivity index (χ3n) is 12.4. The largest absolute Gasteiger partial charge is 0.310 e. The maximum atomic E-state index is 2.42. The predicted octanol–water partition coefficient (Wildman–Crippen LogP) is 15.9. The summed E-state index contributed by atoms with van der Waals surface area (Å²) in [7, 11) is 0. The van der Waals surface area contributed by atoms with Crippen LogP contribution in [0.15, 0.2) is 212 Å². The van der Waals surface area contributed by atoms with Crippen LogP contribution in [0, 0.1) is 6.92 Å². The van der Waals surface area contributed by atoms with Gasteiger partial charge in [-0.15, -0.1) is 0 Å². The van der Waals surface area contributed by atoms with E-state index in [0.29, 0.717) is 0 Å². The number of aryl methyl sites for hydroxylation is 1. The van der Waals surface area contributed by atoms with Crippen LogP contribution in [0.4, 0.5) is 17.1 Å². The van der Waals surface area contributed by atoms with Gasteiger partial charge in [0.1, 0.15) is 0 Å². The molecular formula is C57H38N2. The van der Waals surface area contributed by atoms with Crippen LogP contribution in [-0.4, -0.2) is 4.57 Å². The Morgan fingerprint density at radius 1 is 0.356 bits per heavy atom. The van der Waals surface area contributed by atoms with Gasteiger partial charge in [0.2, 0.25) is 0 Å². The summed E-state index contributed by atoms with van der Waals surface area (Å²) in [6.07, 6.45) is 0. The van der Waals surface area contributed by atoms with Crippen molar-refractivity contribution in [1.29, 1.82) is 0 Å². The maximum absolute atomic E-state index is 2.42. The number of fused-ring (bicyclic) bond motifs is 4. The molecule has 0 bridgehead atoms. The number of hydrogen-bond acceptors (Lipinski definition) is 1. The van der Waals surface area contributed by atoms with Gasteiger partial charge in [-0.25, -0.2) is 0 Å². The Morgan fingerprint density at radius 3 is 1.64 bits per heavy atom. The van der Waals surface area contributed by atoms with Crippen molar-refractivity contribution in [2.75, 3.05) is 4.90 Å². The highest BCUT2D eigenvalue weighted by atomic mass is 15.1. The quantitative estimate of drug-likeness (QED) is 0.154. The van der Waals surface area contributed by atoms with Crippen LogP contribution in [0.3, 0.4) is 0 Å². The highest BCUT2D eigenvalue weighted by Gasteiger charge is 2.20. The number of rotatable bonds is 6. The minimum atomic E-state index is 1.12. The standard InChI is InChI=1S/C57H38N2/c1-37-18-20-39(21-19-37)46-31-24-41-27-34-51-47(32-25-42-26-33-50(46)56(41)57(42)51)40-22-28-44(29-23-40)59-54-16-8-7-15-49(54)52-36-45(30-35-55(52)59)58(43-12-3-2-4-13-43)53-17-9-11-38-10-5-6-14-48(38)53/h2-36H,1H3. The topological polar surface area (TPSA) is 8.17 Å². The van der Waals surface area contributed by atoms with Crippen molar-refractivity contribution in [3.05, 3.63) is 218 Å². The van der Waals surface area contributed by atoms with E-state index < -0.39 is 0 Å². The average molecular weight is 751 g/mol. The third-order valence-corrected chi connectivity index (χ3v) is 12.4. The van der Waals surface area contributed by atoms with E-state index in [2.05, 4.69) is 229 Å². The first-order valence-corrected chi connectivity index (χ1v) is 20.4. The van der Waals surface area contributed by atoms with Gasteiger partial charge in [-0.2, -0.15) is 0 Å². The second kappa shape index (κ2) is 13.2. The van der Waals surface area contributed by atoms with Crippen LogP contribution in [0.2, 0.25) is 0 Å². The molecule has 276 valence electrons. The molecule has 0 N–H and O–H groups in total. The SMILES string of the molecule is Cc1ccc(-c2ccc3ccc4c(-c5ccc(-n6c7ccccc7c7cc(N(c8ccccc8)c8cccc9ccccc89)ccc76)cc5)ccc5ccc2c3c54)cc1. The number of benzene rings is 11. The van der Waals surface area contributed by atoms with Crippen LogP contribution in [0.25, 0.3) is 92.8 Å². The lowest BCUT2D eigenvalue weighted by atomic mass is 9.87. The molecule has 2 nitrogen and oxygen atoms in total. The molecule has 1 heterocycles. The first-order chi connectivity index (χ1) is 29.2. The van der Waals surface area contributed by atoms with Crippen molar-refractivity contribution in [1.82, 2.24) is 4.57 Å². The number of aromatic nitrogens is 1. The molecule has 0 aliphatic rings. The van der Waals surface area contributed by atoms with Gasteiger partial charge in [0, 0.05) is 33.2 Å². The molecule has 0 aliphatic heterocycles. The predicted molar refractivity (Wildman–Crippen MR) is 252 cm³/mol. The monoisotopic (exact) mass is 750 g/mol. The van der Waals surface area contributed by atoms with E-state index in [4.69, 9.17) is 0 Å². The second-order valence-corrected chi connectivity index (χ2v) is 15.8. The van der Waals surface area contributed by atoms with Crippen LogP contribution in [0.1, 0.15) is 5.56 Å². The Balaban J connectivity index is 0.984. The number of hydrogen-bond donors (Lipinski definition) is 0. The minimum Gasteiger partial charge on any atom is -0.310 e. The third kappa shape index (κ3) is 5.27. The first kappa shape index (κ1) is 33.5. The van der Waals surface area contributed by atoms with Gasteiger partial charge in [0.05, 0.1) is 16.7 Å². The maximum Gasteiger partial charge on any atom is 0.0542 e. The number of nitrogens with zero attached hydrogens (tertiary/aromatic N) is 2. The zero-order valence-corrected chi connectivity index (χ0v) is 32.6. The summed E-state index contributed by atoms with van der Waals surface area (Å²) in [5, 5.41) is 12.7.